The fourth-order valence-electron chi connectivity index (χ4n) is 2.14. The number of nitrogens with one attached hydrogen (secondary N) is 1. The number of rotatable bonds is 5. The Labute approximate surface area is 140 Å². The van der Waals surface area contributed by atoms with Crippen molar-refractivity contribution >= 4 is 23.3 Å². The number of carbonyl (C=O) groups excluding carboxylic acids is 3. The van der Waals surface area contributed by atoms with Crippen molar-refractivity contribution in [2.24, 2.45) is 0 Å². The second-order valence-corrected chi connectivity index (χ2v) is 5.49. The maximum absolute atomic E-state index is 12.2. The van der Waals surface area contributed by atoms with E-state index in [4.69, 9.17) is 4.74 Å². The van der Waals surface area contributed by atoms with Gasteiger partial charge in [0.15, 0.2) is 11.9 Å². The molecule has 0 saturated heterocycles. The number of hydrogen-bond acceptors (Lipinski definition) is 4. The number of carbonyl (C=O) groups is 3. The number of anilines is 1. The third-order valence-corrected chi connectivity index (χ3v) is 3.55. The van der Waals surface area contributed by atoms with E-state index < -0.39 is 18.0 Å². The smallest absolute Gasteiger partial charge is 0.339 e. The van der Waals surface area contributed by atoms with Crippen molar-refractivity contribution in [1.29, 1.82) is 0 Å². The highest BCUT2D eigenvalue weighted by molar-refractivity contribution is 5.99. The molecule has 24 heavy (non-hydrogen) atoms. The number of hydrogen-bond donors (Lipinski definition) is 1. The third-order valence-electron chi connectivity index (χ3n) is 3.55. The van der Waals surface area contributed by atoms with Crippen LogP contribution < -0.4 is 5.32 Å². The highest BCUT2D eigenvalue weighted by atomic mass is 16.5. The number of amides is 1. The summed E-state index contributed by atoms with van der Waals surface area (Å²) in [7, 11) is 0. The zero-order valence-corrected chi connectivity index (χ0v) is 13.8. The van der Waals surface area contributed by atoms with Crippen LogP contribution in [0.4, 0.5) is 5.69 Å². The molecule has 0 aliphatic heterocycles. The van der Waals surface area contributed by atoms with E-state index >= 15 is 0 Å². The largest absolute Gasteiger partial charge is 0.449 e. The van der Waals surface area contributed by atoms with Crippen molar-refractivity contribution in [1.82, 2.24) is 0 Å². The Balaban J connectivity index is 2.02. The van der Waals surface area contributed by atoms with E-state index in [-0.39, 0.29) is 5.78 Å². The first-order chi connectivity index (χ1) is 11.4. The van der Waals surface area contributed by atoms with Crippen LogP contribution in [0.15, 0.2) is 48.5 Å². The molecule has 5 nitrogen and oxygen atoms in total. The summed E-state index contributed by atoms with van der Waals surface area (Å²) in [5.41, 5.74) is 2.18. The minimum Gasteiger partial charge on any atom is -0.449 e. The standard InChI is InChI=1S/C19H19NO4/c1-12-7-4-5-10-17(12)19(23)24-14(3)18(22)20-16-9-6-8-15(11-16)13(2)21/h4-11,14H,1-3H3,(H,20,22). The summed E-state index contributed by atoms with van der Waals surface area (Å²) in [6.45, 7) is 4.75. The van der Waals surface area contributed by atoms with Crippen molar-refractivity contribution in [3.05, 3.63) is 65.2 Å². The number of aryl methyl sites for hydroxylation is 1. The van der Waals surface area contributed by atoms with Gasteiger partial charge in [0.2, 0.25) is 0 Å². The zero-order chi connectivity index (χ0) is 17.7. The Morgan fingerprint density at radius 1 is 1.04 bits per heavy atom. The van der Waals surface area contributed by atoms with Crippen LogP contribution >= 0.6 is 0 Å². The monoisotopic (exact) mass is 325 g/mol. The van der Waals surface area contributed by atoms with Gasteiger partial charge < -0.3 is 10.1 Å². The minimum absolute atomic E-state index is 0.0925. The lowest BCUT2D eigenvalue weighted by Gasteiger charge is -2.14. The Hall–Kier alpha value is -2.95. The van der Waals surface area contributed by atoms with Crippen LogP contribution in [-0.2, 0) is 9.53 Å². The lowest BCUT2D eigenvalue weighted by atomic mass is 10.1. The van der Waals surface area contributed by atoms with Crippen LogP contribution in [0.2, 0.25) is 0 Å². The molecule has 0 aliphatic rings. The van der Waals surface area contributed by atoms with Crippen molar-refractivity contribution < 1.29 is 19.1 Å². The van der Waals surface area contributed by atoms with Gasteiger partial charge in [-0.1, -0.05) is 30.3 Å². The molecule has 2 aromatic rings. The molecule has 1 amide bonds. The Morgan fingerprint density at radius 2 is 1.75 bits per heavy atom. The third kappa shape index (κ3) is 4.29. The van der Waals surface area contributed by atoms with Gasteiger partial charge in [0.05, 0.1) is 5.56 Å². The van der Waals surface area contributed by atoms with Gasteiger partial charge in [0.25, 0.3) is 5.91 Å². The van der Waals surface area contributed by atoms with Crippen LogP contribution in [0.5, 0.6) is 0 Å². The molecule has 124 valence electrons. The van der Waals surface area contributed by atoms with Crippen LogP contribution in [-0.4, -0.2) is 23.8 Å². The molecule has 0 spiro atoms. The number of esters is 1. The number of Topliss-reactive ketones (excluding diaryl/α,β-unsaturated/α-hetero) is 1. The summed E-state index contributed by atoms with van der Waals surface area (Å²) < 4.78 is 5.21. The average Bonchev–Trinajstić information content (AvgIpc) is 2.55. The summed E-state index contributed by atoms with van der Waals surface area (Å²) in [4.78, 5) is 35.7. The fourth-order valence-corrected chi connectivity index (χ4v) is 2.14. The molecule has 0 bridgehead atoms. The molecule has 0 aliphatic carbocycles. The number of ketones is 1. The van der Waals surface area contributed by atoms with Gasteiger partial charge in [-0.25, -0.2) is 4.79 Å². The van der Waals surface area contributed by atoms with Gasteiger partial charge in [-0.15, -0.1) is 0 Å². The topological polar surface area (TPSA) is 72.5 Å². The van der Waals surface area contributed by atoms with Crippen LogP contribution in [0.25, 0.3) is 0 Å². The molecule has 2 rings (SSSR count). The van der Waals surface area contributed by atoms with E-state index in [0.717, 1.165) is 5.56 Å². The summed E-state index contributed by atoms with van der Waals surface area (Å²) in [5.74, 6) is -1.10. The first kappa shape index (κ1) is 17.4. The molecule has 0 aromatic heterocycles. The Kier molecular flexibility index (Phi) is 5.47. The van der Waals surface area contributed by atoms with Crippen LogP contribution in [0.1, 0.15) is 40.1 Å². The van der Waals surface area contributed by atoms with E-state index in [1.165, 1.54) is 13.8 Å². The first-order valence-electron chi connectivity index (χ1n) is 7.57. The average molecular weight is 325 g/mol. The lowest BCUT2D eigenvalue weighted by Crippen LogP contribution is -2.30. The van der Waals surface area contributed by atoms with E-state index in [0.29, 0.717) is 16.8 Å². The van der Waals surface area contributed by atoms with E-state index in [9.17, 15) is 14.4 Å². The summed E-state index contributed by atoms with van der Waals surface area (Å²) in [6, 6.07) is 13.6. The summed E-state index contributed by atoms with van der Waals surface area (Å²) in [6.07, 6.45) is -0.960. The summed E-state index contributed by atoms with van der Waals surface area (Å²) >= 11 is 0. The number of ether oxygens (including phenoxy) is 1. The van der Waals surface area contributed by atoms with Crippen LogP contribution in [0, 0.1) is 6.92 Å². The van der Waals surface area contributed by atoms with Gasteiger partial charge in [-0.05, 0) is 44.5 Å². The van der Waals surface area contributed by atoms with Gasteiger partial charge in [-0.3, -0.25) is 9.59 Å². The van der Waals surface area contributed by atoms with Crippen LogP contribution in [0.3, 0.4) is 0 Å². The highest BCUT2D eigenvalue weighted by Crippen LogP contribution is 2.13. The molecule has 0 radical (unpaired) electrons. The van der Waals surface area contributed by atoms with E-state index in [1.54, 1.807) is 49.4 Å². The molecule has 0 heterocycles. The molecule has 1 unspecified atom stereocenters. The maximum atomic E-state index is 12.2. The molecule has 0 fully saturated rings. The second kappa shape index (κ2) is 7.55. The number of benzene rings is 2. The minimum atomic E-state index is -0.960. The molecular formula is C19H19NO4. The second-order valence-electron chi connectivity index (χ2n) is 5.49. The SMILES string of the molecule is CC(=O)c1cccc(NC(=O)C(C)OC(=O)c2ccccc2C)c1. The van der Waals surface area contributed by atoms with E-state index in [2.05, 4.69) is 5.32 Å². The first-order valence-corrected chi connectivity index (χ1v) is 7.57. The predicted molar refractivity (Wildman–Crippen MR) is 91.1 cm³/mol. The molecular weight excluding hydrogens is 306 g/mol. The molecule has 0 saturated carbocycles. The van der Waals surface area contributed by atoms with Gasteiger partial charge in [-0.2, -0.15) is 0 Å². The Bertz CT molecular complexity index is 782. The van der Waals surface area contributed by atoms with Crippen molar-refractivity contribution in [2.75, 3.05) is 5.32 Å². The fraction of sp³-hybridized carbons (Fsp3) is 0.211. The highest BCUT2D eigenvalue weighted by Gasteiger charge is 2.20. The predicted octanol–water partition coefficient (Wildman–Crippen LogP) is 3.38. The molecule has 2 aromatic carbocycles. The molecule has 1 N–H and O–H groups in total. The summed E-state index contributed by atoms with van der Waals surface area (Å²) in [5, 5.41) is 2.64. The Morgan fingerprint density at radius 3 is 2.42 bits per heavy atom. The lowest BCUT2D eigenvalue weighted by molar-refractivity contribution is -0.123. The van der Waals surface area contributed by atoms with Gasteiger partial charge in [0, 0.05) is 11.3 Å². The molecule has 1 atom stereocenters. The maximum Gasteiger partial charge on any atom is 0.339 e. The van der Waals surface area contributed by atoms with Crippen molar-refractivity contribution in [2.45, 2.75) is 26.9 Å². The normalized spacial score (nSPS) is 11.5. The van der Waals surface area contributed by atoms with E-state index in [1.807, 2.05) is 6.07 Å². The van der Waals surface area contributed by atoms with Gasteiger partial charge >= 0.3 is 5.97 Å². The zero-order valence-electron chi connectivity index (χ0n) is 13.8. The molecule has 5 heteroatoms. The quantitative estimate of drug-likeness (QED) is 0.675. The van der Waals surface area contributed by atoms with Crippen molar-refractivity contribution in [3.63, 3.8) is 0 Å². The van der Waals surface area contributed by atoms with Crippen molar-refractivity contribution in [3.8, 4) is 0 Å². The van der Waals surface area contributed by atoms with Gasteiger partial charge in [0.1, 0.15) is 0 Å².